The van der Waals surface area contributed by atoms with Crippen LogP contribution in [0.2, 0.25) is 0 Å². The first-order chi connectivity index (χ1) is 13.2. The third-order valence-corrected chi connectivity index (χ3v) is 4.56. The first-order valence-electron chi connectivity index (χ1n) is 9.70. The summed E-state index contributed by atoms with van der Waals surface area (Å²) in [5, 5.41) is 1.11. The minimum absolute atomic E-state index is 0.111. The van der Waals surface area contributed by atoms with Crippen molar-refractivity contribution in [3.05, 3.63) is 36.3 Å². The maximum absolute atomic E-state index is 11.5. The van der Waals surface area contributed by atoms with E-state index in [9.17, 15) is 4.79 Å². The number of para-hydroxylation sites is 1. The predicted molar refractivity (Wildman–Crippen MR) is 105 cm³/mol. The molecule has 0 saturated carbocycles. The highest BCUT2D eigenvalue weighted by atomic mass is 16.5. The van der Waals surface area contributed by atoms with Gasteiger partial charge in [0.2, 0.25) is 0 Å². The second-order valence-corrected chi connectivity index (χ2v) is 6.44. The Morgan fingerprint density at radius 3 is 2.74 bits per heavy atom. The number of carbonyl (C=O) groups is 1. The van der Waals surface area contributed by atoms with E-state index in [4.69, 9.17) is 14.5 Å². The Balaban J connectivity index is 1.78. The van der Waals surface area contributed by atoms with Gasteiger partial charge in [0.05, 0.1) is 23.8 Å². The van der Waals surface area contributed by atoms with Crippen molar-refractivity contribution in [3.8, 4) is 0 Å². The molecule has 0 N–H and O–H groups in total. The van der Waals surface area contributed by atoms with Crippen molar-refractivity contribution in [3.63, 3.8) is 0 Å². The third-order valence-electron chi connectivity index (χ3n) is 4.56. The largest absolute Gasteiger partial charge is 0.466 e. The molecule has 0 aliphatic carbocycles. The van der Waals surface area contributed by atoms with Crippen LogP contribution in [0.25, 0.3) is 21.9 Å². The molecule has 6 nitrogen and oxygen atoms in total. The zero-order valence-electron chi connectivity index (χ0n) is 16.1. The van der Waals surface area contributed by atoms with Crippen LogP contribution in [0.4, 0.5) is 0 Å². The number of unbranched alkanes of at least 4 members (excludes halogenated alkanes) is 2. The molecular formula is C21H27N3O3. The van der Waals surface area contributed by atoms with Crippen LogP contribution < -0.4 is 0 Å². The quantitative estimate of drug-likeness (QED) is 0.395. The van der Waals surface area contributed by atoms with Gasteiger partial charge in [-0.3, -0.25) is 9.78 Å². The fourth-order valence-corrected chi connectivity index (χ4v) is 3.30. The molecular weight excluding hydrogens is 342 g/mol. The van der Waals surface area contributed by atoms with E-state index in [1.807, 2.05) is 38.2 Å². The van der Waals surface area contributed by atoms with Crippen LogP contribution in [0, 0.1) is 0 Å². The van der Waals surface area contributed by atoms with E-state index in [0.29, 0.717) is 26.2 Å². The van der Waals surface area contributed by atoms with Crippen molar-refractivity contribution in [2.24, 2.45) is 0 Å². The number of ether oxygens (including phenoxy) is 2. The normalized spacial score (nSPS) is 11.3. The van der Waals surface area contributed by atoms with Gasteiger partial charge in [0, 0.05) is 25.0 Å². The summed E-state index contributed by atoms with van der Waals surface area (Å²) in [6.45, 7) is 6.25. The summed E-state index contributed by atoms with van der Waals surface area (Å²) in [6.07, 6.45) is 5.10. The molecule has 3 rings (SSSR count). The van der Waals surface area contributed by atoms with Crippen LogP contribution in [-0.4, -0.2) is 33.7 Å². The molecule has 3 aromatic rings. The predicted octanol–water partition coefficient (Wildman–Crippen LogP) is 4.24. The molecule has 1 aromatic carbocycles. The molecule has 6 heteroatoms. The second kappa shape index (κ2) is 9.46. The second-order valence-electron chi connectivity index (χ2n) is 6.44. The fraction of sp³-hybridized carbons (Fsp3) is 0.476. The number of esters is 1. The molecule has 2 heterocycles. The number of fused-ring (bicyclic) bond motifs is 3. The average molecular weight is 369 g/mol. The van der Waals surface area contributed by atoms with Crippen molar-refractivity contribution in [2.75, 3.05) is 13.2 Å². The lowest BCUT2D eigenvalue weighted by Crippen LogP contribution is -2.07. The molecule has 0 spiro atoms. The molecule has 0 saturated heterocycles. The highest BCUT2D eigenvalue weighted by Crippen LogP contribution is 2.25. The maximum Gasteiger partial charge on any atom is 0.305 e. The monoisotopic (exact) mass is 369 g/mol. The minimum atomic E-state index is -0.111. The van der Waals surface area contributed by atoms with Crippen molar-refractivity contribution < 1.29 is 14.3 Å². The Kier molecular flexibility index (Phi) is 6.76. The number of aryl methyl sites for hydroxylation is 1. The topological polar surface area (TPSA) is 66.2 Å². The average Bonchev–Trinajstić information content (AvgIpc) is 3.04. The minimum Gasteiger partial charge on any atom is -0.466 e. The van der Waals surface area contributed by atoms with E-state index < -0.39 is 0 Å². The molecule has 0 unspecified atom stereocenters. The summed E-state index contributed by atoms with van der Waals surface area (Å²) in [5.74, 6) is 0.815. The summed E-state index contributed by atoms with van der Waals surface area (Å²) in [5.41, 5.74) is 2.98. The summed E-state index contributed by atoms with van der Waals surface area (Å²) in [7, 11) is 0. The van der Waals surface area contributed by atoms with Gasteiger partial charge >= 0.3 is 5.97 Å². The number of pyridine rings is 1. The third kappa shape index (κ3) is 4.63. The summed E-state index contributed by atoms with van der Waals surface area (Å²) >= 11 is 0. The SMILES string of the molecule is CCOCc1nc2cnc3ccccc3c2n1CCCCCC(=O)OCC. The van der Waals surface area contributed by atoms with E-state index >= 15 is 0 Å². The lowest BCUT2D eigenvalue weighted by molar-refractivity contribution is -0.143. The van der Waals surface area contributed by atoms with Gasteiger partial charge in [-0.25, -0.2) is 4.98 Å². The molecule has 0 fully saturated rings. The van der Waals surface area contributed by atoms with Crippen molar-refractivity contribution in [1.82, 2.24) is 14.5 Å². The van der Waals surface area contributed by atoms with Crippen molar-refractivity contribution >= 4 is 27.9 Å². The Hall–Kier alpha value is -2.47. The van der Waals surface area contributed by atoms with Crippen molar-refractivity contribution in [2.45, 2.75) is 52.7 Å². The number of rotatable bonds is 10. The summed E-state index contributed by atoms with van der Waals surface area (Å²) in [4.78, 5) is 20.7. The number of hydrogen-bond donors (Lipinski definition) is 0. The van der Waals surface area contributed by atoms with E-state index in [-0.39, 0.29) is 5.97 Å². The lowest BCUT2D eigenvalue weighted by Gasteiger charge is -2.10. The first-order valence-corrected chi connectivity index (χ1v) is 9.70. The number of aromatic nitrogens is 3. The zero-order valence-corrected chi connectivity index (χ0v) is 16.1. The van der Waals surface area contributed by atoms with E-state index in [1.165, 1.54) is 0 Å². The highest BCUT2D eigenvalue weighted by Gasteiger charge is 2.14. The molecule has 27 heavy (non-hydrogen) atoms. The molecule has 0 aliphatic heterocycles. The molecule has 0 aliphatic rings. The van der Waals surface area contributed by atoms with Gasteiger partial charge in [-0.1, -0.05) is 24.6 Å². The van der Waals surface area contributed by atoms with Crippen molar-refractivity contribution in [1.29, 1.82) is 0 Å². The number of nitrogens with zero attached hydrogens (tertiary/aromatic N) is 3. The van der Waals surface area contributed by atoms with Crippen LogP contribution in [0.3, 0.4) is 0 Å². The van der Waals surface area contributed by atoms with Gasteiger partial charge in [-0.05, 0) is 32.8 Å². The van der Waals surface area contributed by atoms with Crippen LogP contribution >= 0.6 is 0 Å². The standard InChI is InChI=1S/C21H27N3O3/c1-3-26-15-19-23-18-14-22-17-11-8-7-10-16(17)21(18)24(19)13-9-5-6-12-20(25)27-4-2/h7-8,10-11,14H,3-6,9,12-13,15H2,1-2H3. The van der Waals surface area contributed by atoms with Gasteiger partial charge in [0.15, 0.2) is 0 Å². The maximum atomic E-state index is 11.5. The van der Waals surface area contributed by atoms with Gasteiger partial charge < -0.3 is 14.0 Å². The summed E-state index contributed by atoms with van der Waals surface area (Å²) in [6, 6.07) is 8.14. The molecule has 0 atom stereocenters. The van der Waals surface area contributed by atoms with Gasteiger partial charge in [0.1, 0.15) is 17.9 Å². The Morgan fingerprint density at radius 2 is 1.93 bits per heavy atom. The number of imidazole rings is 1. The molecule has 144 valence electrons. The lowest BCUT2D eigenvalue weighted by atomic mass is 10.1. The Morgan fingerprint density at radius 1 is 1.07 bits per heavy atom. The molecule has 0 amide bonds. The number of carbonyl (C=O) groups excluding carboxylic acids is 1. The van der Waals surface area contributed by atoms with Crippen LogP contribution in [0.15, 0.2) is 30.5 Å². The van der Waals surface area contributed by atoms with Gasteiger partial charge in [-0.15, -0.1) is 0 Å². The van der Waals surface area contributed by atoms with E-state index in [2.05, 4.69) is 15.6 Å². The van der Waals surface area contributed by atoms with Crippen LogP contribution in [0.5, 0.6) is 0 Å². The van der Waals surface area contributed by atoms with Gasteiger partial charge in [0.25, 0.3) is 0 Å². The number of benzene rings is 1. The Bertz CT molecular complexity index is 904. The van der Waals surface area contributed by atoms with E-state index in [1.54, 1.807) is 0 Å². The molecule has 2 aromatic heterocycles. The van der Waals surface area contributed by atoms with E-state index in [0.717, 1.165) is 53.6 Å². The number of hydrogen-bond acceptors (Lipinski definition) is 5. The summed E-state index contributed by atoms with van der Waals surface area (Å²) < 4.78 is 12.9. The zero-order chi connectivity index (χ0) is 19.1. The van der Waals surface area contributed by atoms with Crippen LogP contribution in [-0.2, 0) is 27.4 Å². The smallest absolute Gasteiger partial charge is 0.305 e. The molecule has 0 radical (unpaired) electrons. The van der Waals surface area contributed by atoms with Gasteiger partial charge in [-0.2, -0.15) is 0 Å². The highest BCUT2D eigenvalue weighted by molar-refractivity contribution is 6.02. The Labute approximate surface area is 159 Å². The van der Waals surface area contributed by atoms with Crippen LogP contribution in [0.1, 0.15) is 45.4 Å². The first kappa shape index (κ1) is 19.3. The molecule has 0 bridgehead atoms. The fourth-order valence-electron chi connectivity index (χ4n) is 3.30.